The summed E-state index contributed by atoms with van der Waals surface area (Å²) in [6.45, 7) is 10.4. The molecule has 0 unspecified atom stereocenters. The van der Waals surface area contributed by atoms with Gasteiger partial charge in [-0.05, 0) is 64.9 Å². The minimum atomic E-state index is -2.24. The fourth-order valence-electron chi connectivity index (χ4n) is 7.70. The molecule has 3 heterocycles. The molecule has 0 amide bonds. The first-order valence-corrected chi connectivity index (χ1v) is 27.9. The van der Waals surface area contributed by atoms with Crippen molar-refractivity contribution in [3.63, 3.8) is 0 Å². The van der Waals surface area contributed by atoms with Crippen LogP contribution in [0.3, 0.4) is 0 Å². The van der Waals surface area contributed by atoms with Crippen molar-refractivity contribution in [2.24, 2.45) is 5.41 Å². The Hall–Kier alpha value is -5.07. The van der Waals surface area contributed by atoms with E-state index in [1.807, 2.05) is 99.8 Å². The summed E-state index contributed by atoms with van der Waals surface area (Å²) in [5.74, 6) is 7.64. The van der Waals surface area contributed by atoms with Crippen LogP contribution in [0.5, 0.6) is 0 Å². The van der Waals surface area contributed by atoms with Gasteiger partial charge in [0.25, 0.3) is 0 Å². The second-order valence-corrected chi connectivity index (χ2v) is 29.1. The molecular formula is C55H55GeIrN3O-2. The Morgan fingerprint density at radius 1 is 0.738 bits per heavy atom. The molecule has 0 atom stereocenters. The predicted molar refractivity (Wildman–Crippen MR) is 256 cm³/mol. The van der Waals surface area contributed by atoms with Crippen molar-refractivity contribution in [2.75, 3.05) is 0 Å². The van der Waals surface area contributed by atoms with E-state index in [4.69, 9.17) is 16.3 Å². The van der Waals surface area contributed by atoms with Gasteiger partial charge in [-0.15, -0.1) is 23.8 Å². The Balaban J connectivity index is 0.000000230. The zero-order valence-electron chi connectivity index (χ0n) is 41.4. The number of hydrogen-bond donors (Lipinski definition) is 0. The first kappa shape index (κ1) is 37.7. The third-order valence-electron chi connectivity index (χ3n) is 10.6. The van der Waals surface area contributed by atoms with Crippen LogP contribution in [-0.2, 0) is 31.9 Å². The van der Waals surface area contributed by atoms with Gasteiger partial charge in [-0.2, -0.15) is 0 Å². The number of pyridine rings is 1. The molecule has 0 N–H and O–H groups in total. The van der Waals surface area contributed by atoms with Crippen molar-refractivity contribution in [2.45, 2.75) is 77.5 Å². The first-order chi connectivity index (χ1) is 30.5. The van der Waals surface area contributed by atoms with Crippen LogP contribution in [0, 0.1) is 24.4 Å². The predicted octanol–water partition coefficient (Wildman–Crippen LogP) is 14.3. The van der Waals surface area contributed by atoms with Crippen molar-refractivity contribution < 1.29 is 31.4 Å². The molecule has 0 aliphatic rings. The van der Waals surface area contributed by atoms with Crippen LogP contribution in [0.2, 0.25) is 17.3 Å². The number of imidazole rings is 1. The Morgan fingerprint density at radius 2 is 1.49 bits per heavy atom. The largest absolute Gasteiger partial charge is 0 e. The van der Waals surface area contributed by atoms with E-state index in [9.17, 15) is 0 Å². The van der Waals surface area contributed by atoms with Crippen LogP contribution in [0.1, 0.15) is 65.1 Å². The van der Waals surface area contributed by atoms with E-state index in [0.717, 1.165) is 60.1 Å². The molecule has 0 aliphatic heterocycles. The van der Waals surface area contributed by atoms with Gasteiger partial charge in [0.15, 0.2) is 0 Å². The van der Waals surface area contributed by atoms with Crippen molar-refractivity contribution >= 4 is 50.6 Å². The van der Waals surface area contributed by atoms with E-state index in [1.165, 1.54) is 16.7 Å². The van der Waals surface area contributed by atoms with E-state index in [-0.39, 0.29) is 31.1 Å². The zero-order valence-corrected chi connectivity index (χ0v) is 40.9. The zero-order chi connectivity index (χ0) is 46.7. The van der Waals surface area contributed by atoms with Crippen LogP contribution in [-0.4, -0.2) is 27.8 Å². The quantitative estimate of drug-likeness (QED) is 0.123. The average molecular weight is 1040 g/mol. The number of nitrogens with zero attached hydrogens (tertiary/aromatic N) is 3. The molecule has 0 fully saturated rings. The maximum absolute atomic E-state index is 8.76. The molecular weight excluding hydrogens is 983 g/mol. The molecule has 0 bridgehead atoms. The van der Waals surface area contributed by atoms with Crippen LogP contribution in [0.15, 0.2) is 144 Å². The standard InChI is InChI=1S/C36H29N2O.C19H26GeN.Ir/c1-23-14-17-27-28-21-26(16-19-33(28)39-34(27)20-23)35-37-30-12-8-9-13-32(30)38(35)31-18-15-25(22-29(31)36(2,3)4)24-10-6-5-7-11-24;1-19(2,3)13-16-12-18(15-10-8-7-9-11-15)21-14-17(16)20(4,5)6;/h5-15,17-22H,1-4H3;7-10,12,14H,13H2,1-6H3;/q2*-1;/i1D3;13D2;. The van der Waals surface area contributed by atoms with E-state index < -0.39 is 31.9 Å². The summed E-state index contributed by atoms with van der Waals surface area (Å²) in [6, 6.07) is 50.5. The van der Waals surface area contributed by atoms with E-state index in [0.29, 0.717) is 11.2 Å². The maximum Gasteiger partial charge on any atom is 0 e. The van der Waals surface area contributed by atoms with Crippen LogP contribution in [0.25, 0.3) is 72.4 Å². The number of aromatic nitrogens is 3. The SMILES string of the molecule is [2H]C([2H])([2H])c1ccc2c(c1)oc1c[c-]c(-c3nc4ccccc4n3-c3ccc(-c4ccccc4)cc3C(C)(C)C)cc12.[2H]C([2H])(c1cc(-c2[c-]cccc2)nc[c]1[Ge]([CH3])([CH3])[CH3])C(C)(C)C.[Ir]. The third kappa shape index (κ3) is 9.55. The van der Waals surface area contributed by atoms with E-state index >= 15 is 0 Å². The molecule has 0 aliphatic carbocycles. The van der Waals surface area contributed by atoms with Gasteiger partial charge in [-0.3, -0.25) is 4.98 Å². The van der Waals surface area contributed by atoms with Crippen molar-refractivity contribution in [1.29, 1.82) is 0 Å². The van der Waals surface area contributed by atoms with Gasteiger partial charge in [-0.25, -0.2) is 0 Å². The fourth-order valence-corrected chi connectivity index (χ4v) is 10.6. The molecule has 9 rings (SSSR count). The van der Waals surface area contributed by atoms with Gasteiger partial charge in [0.2, 0.25) is 0 Å². The second kappa shape index (κ2) is 17.4. The van der Waals surface area contributed by atoms with E-state index in [1.54, 1.807) is 12.1 Å². The number of furan rings is 1. The molecule has 311 valence electrons. The third-order valence-corrected chi connectivity index (χ3v) is 14.8. The Morgan fingerprint density at radius 3 is 2.20 bits per heavy atom. The number of benzene rings is 6. The average Bonchev–Trinajstić information content (AvgIpc) is 3.83. The number of para-hydroxylation sites is 2. The summed E-state index contributed by atoms with van der Waals surface area (Å²) in [7, 11) is 0. The van der Waals surface area contributed by atoms with Crippen molar-refractivity contribution in [3.05, 3.63) is 168 Å². The van der Waals surface area contributed by atoms with Gasteiger partial charge in [-0.1, -0.05) is 86.8 Å². The summed E-state index contributed by atoms with van der Waals surface area (Å²) in [4.78, 5) is 9.73. The summed E-state index contributed by atoms with van der Waals surface area (Å²) in [6.07, 6.45) is 0.502. The summed E-state index contributed by atoms with van der Waals surface area (Å²) in [5.41, 5.74) is 10.7. The van der Waals surface area contributed by atoms with Crippen LogP contribution >= 0.6 is 0 Å². The maximum atomic E-state index is 8.76. The van der Waals surface area contributed by atoms with Gasteiger partial charge in [0.05, 0.1) is 22.4 Å². The van der Waals surface area contributed by atoms with Gasteiger partial charge >= 0.3 is 135 Å². The Bertz CT molecular complexity index is 3180. The topological polar surface area (TPSA) is 43.9 Å². The second-order valence-electron chi connectivity index (χ2n) is 18.6. The Labute approximate surface area is 385 Å². The fraction of sp³-hybridized carbons (Fsp3) is 0.236. The molecule has 1 radical (unpaired) electrons. The summed E-state index contributed by atoms with van der Waals surface area (Å²) >= 11 is -2.24. The molecule has 0 spiro atoms. The molecule has 4 nitrogen and oxygen atoms in total. The summed E-state index contributed by atoms with van der Waals surface area (Å²) < 4.78 is 50.3. The van der Waals surface area contributed by atoms with Crippen molar-refractivity contribution in [1.82, 2.24) is 14.5 Å². The molecule has 9 aromatic rings. The smallest absolute Gasteiger partial charge is 0 e. The molecule has 6 aromatic carbocycles. The van der Waals surface area contributed by atoms with E-state index in [2.05, 4.69) is 108 Å². The number of aryl methyl sites for hydroxylation is 1. The molecule has 0 saturated carbocycles. The first-order valence-electron chi connectivity index (χ1n) is 23.1. The monoisotopic (exact) mass is 1050 g/mol. The van der Waals surface area contributed by atoms with Crippen LogP contribution in [0.4, 0.5) is 0 Å². The van der Waals surface area contributed by atoms with Gasteiger partial charge in [0, 0.05) is 35.3 Å². The molecule has 0 saturated heterocycles. The van der Waals surface area contributed by atoms with Crippen molar-refractivity contribution in [3.8, 4) is 39.5 Å². The van der Waals surface area contributed by atoms with Gasteiger partial charge < -0.3 is 8.98 Å². The normalized spacial score (nSPS) is 13.7. The summed E-state index contributed by atoms with van der Waals surface area (Å²) in [5, 5.41) is 1.75. The van der Waals surface area contributed by atoms with Crippen LogP contribution < -0.4 is 4.40 Å². The molecule has 3 aromatic heterocycles. The molecule has 6 heteroatoms. The number of rotatable bonds is 6. The minimum Gasteiger partial charge on any atom is 0 e. The number of hydrogen-bond acceptors (Lipinski definition) is 3. The van der Waals surface area contributed by atoms with Gasteiger partial charge in [0.1, 0.15) is 5.58 Å². The molecule has 61 heavy (non-hydrogen) atoms. The Kier molecular flexibility index (Phi) is 10.7. The minimum absolute atomic E-state index is 0. The number of fused-ring (bicyclic) bond motifs is 4.